The molecule has 6 nitrogen and oxygen atoms in total. The van der Waals surface area contributed by atoms with Crippen molar-refractivity contribution < 1.29 is 24.2 Å². The third kappa shape index (κ3) is 2.87. The molecule has 2 unspecified atom stereocenters. The number of esters is 1. The van der Waals surface area contributed by atoms with Crippen LogP contribution in [0.4, 0.5) is 5.69 Å². The lowest BCUT2D eigenvalue weighted by Gasteiger charge is -2.29. The fourth-order valence-electron chi connectivity index (χ4n) is 3.14. The maximum absolute atomic E-state index is 12.9. The number of amides is 1. The number of aliphatic carboxylic acids is 1. The number of rotatable bonds is 5. The molecule has 0 spiro atoms. The minimum Gasteiger partial charge on any atom is -0.481 e. The Kier molecular flexibility index (Phi) is 4.52. The van der Waals surface area contributed by atoms with Crippen molar-refractivity contribution in [3.63, 3.8) is 0 Å². The summed E-state index contributed by atoms with van der Waals surface area (Å²) in [5.41, 5.74) is 1.44. The standard InChI is InChI=1S/C19H17NO5/c1-2-25-19(24)15(18(22)23)16-13-10-6-7-11-14(13)17(21)20(16)12-8-4-3-5-9-12/h3-11,15-16H,2H2,1H3,(H,22,23). The maximum atomic E-state index is 12.9. The molecule has 2 atom stereocenters. The summed E-state index contributed by atoms with van der Waals surface area (Å²) < 4.78 is 4.95. The first-order chi connectivity index (χ1) is 12.1. The van der Waals surface area contributed by atoms with E-state index < -0.39 is 23.9 Å². The van der Waals surface area contributed by atoms with E-state index in [0.717, 1.165) is 0 Å². The van der Waals surface area contributed by atoms with Gasteiger partial charge in [-0.25, -0.2) is 0 Å². The van der Waals surface area contributed by atoms with Crippen LogP contribution in [0, 0.1) is 5.92 Å². The van der Waals surface area contributed by atoms with Gasteiger partial charge in [0, 0.05) is 11.3 Å². The molecule has 0 saturated heterocycles. The van der Waals surface area contributed by atoms with Crippen molar-refractivity contribution in [2.45, 2.75) is 13.0 Å². The second-order valence-electron chi connectivity index (χ2n) is 5.61. The van der Waals surface area contributed by atoms with Crippen LogP contribution in [-0.4, -0.2) is 29.6 Å². The lowest BCUT2D eigenvalue weighted by Crippen LogP contribution is -2.40. The molecule has 1 N–H and O–H groups in total. The molecule has 0 aromatic heterocycles. The zero-order valence-corrected chi connectivity index (χ0v) is 13.6. The van der Waals surface area contributed by atoms with Crippen molar-refractivity contribution in [2.24, 2.45) is 5.92 Å². The Labute approximate surface area is 144 Å². The molecule has 2 aromatic rings. The predicted octanol–water partition coefficient (Wildman–Crippen LogP) is 2.65. The predicted molar refractivity (Wildman–Crippen MR) is 90.2 cm³/mol. The van der Waals surface area contributed by atoms with Crippen LogP contribution in [0.25, 0.3) is 0 Å². The van der Waals surface area contributed by atoms with E-state index in [1.165, 1.54) is 4.90 Å². The Morgan fingerprint density at radius 1 is 1.12 bits per heavy atom. The molecule has 0 fully saturated rings. The van der Waals surface area contributed by atoms with E-state index in [1.54, 1.807) is 61.5 Å². The van der Waals surface area contributed by atoms with Gasteiger partial charge in [-0.2, -0.15) is 0 Å². The minimum atomic E-state index is -1.51. The smallest absolute Gasteiger partial charge is 0.322 e. The Hall–Kier alpha value is -3.15. The highest BCUT2D eigenvalue weighted by Gasteiger charge is 2.48. The van der Waals surface area contributed by atoms with Crippen molar-refractivity contribution in [2.75, 3.05) is 11.5 Å². The lowest BCUT2D eigenvalue weighted by atomic mass is 9.92. The number of hydrogen-bond acceptors (Lipinski definition) is 4. The summed E-state index contributed by atoms with van der Waals surface area (Å²) in [6, 6.07) is 14.5. The highest BCUT2D eigenvalue weighted by molar-refractivity contribution is 6.13. The molecule has 25 heavy (non-hydrogen) atoms. The van der Waals surface area contributed by atoms with E-state index in [1.807, 2.05) is 0 Å². The van der Waals surface area contributed by atoms with Gasteiger partial charge in [0.15, 0.2) is 5.92 Å². The summed E-state index contributed by atoms with van der Waals surface area (Å²) in [6.45, 7) is 1.68. The maximum Gasteiger partial charge on any atom is 0.322 e. The van der Waals surface area contributed by atoms with E-state index in [9.17, 15) is 19.5 Å². The number of carboxylic acid groups (broad SMARTS) is 1. The summed E-state index contributed by atoms with van der Waals surface area (Å²) in [4.78, 5) is 38.4. The lowest BCUT2D eigenvalue weighted by molar-refractivity contribution is -0.159. The van der Waals surface area contributed by atoms with Crippen molar-refractivity contribution in [1.29, 1.82) is 0 Å². The van der Waals surface area contributed by atoms with Crippen molar-refractivity contribution in [3.8, 4) is 0 Å². The summed E-state index contributed by atoms with van der Waals surface area (Å²) >= 11 is 0. The molecular formula is C19H17NO5. The van der Waals surface area contributed by atoms with Crippen molar-refractivity contribution in [1.82, 2.24) is 0 Å². The van der Waals surface area contributed by atoms with Gasteiger partial charge in [-0.3, -0.25) is 19.3 Å². The Morgan fingerprint density at radius 3 is 2.40 bits per heavy atom. The first-order valence-corrected chi connectivity index (χ1v) is 7.93. The van der Waals surface area contributed by atoms with Gasteiger partial charge in [0.25, 0.3) is 5.91 Å². The Balaban J connectivity index is 2.16. The van der Waals surface area contributed by atoms with Gasteiger partial charge in [0.05, 0.1) is 12.6 Å². The van der Waals surface area contributed by atoms with Crippen LogP contribution in [0.5, 0.6) is 0 Å². The molecule has 1 heterocycles. The van der Waals surface area contributed by atoms with Gasteiger partial charge in [-0.1, -0.05) is 36.4 Å². The second-order valence-corrected chi connectivity index (χ2v) is 5.61. The third-order valence-corrected chi connectivity index (χ3v) is 4.16. The highest BCUT2D eigenvalue weighted by Crippen LogP contribution is 2.42. The van der Waals surface area contributed by atoms with Gasteiger partial charge in [-0.05, 0) is 30.7 Å². The van der Waals surface area contributed by atoms with E-state index in [0.29, 0.717) is 16.8 Å². The van der Waals surface area contributed by atoms with Crippen molar-refractivity contribution in [3.05, 3.63) is 65.7 Å². The van der Waals surface area contributed by atoms with Gasteiger partial charge in [-0.15, -0.1) is 0 Å². The first kappa shape index (κ1) is 16.7. The van der Waals surface area contributed by atoms with Crippen molar-refractivity contribution >= 4 is 23.5 Å². The number of carbonyl (C=O) groups excluding carboxylic acids is 2. The summed E-state index contributed by atoms with van der Waals surface area (Å²) in [5.74, 6) is -4.02. The van der Waals surface area contributed by atoms with Gasteiger partial charge < -0.3 is 9.84 Å². The number of benzene rings is 2. The molecular weight excluding hydrogens is 322 g/mol. The third-order valence-electron chi connectivity index (χ3n) is 4.16. The molecule has 6 heteroatoms. The number of ether oxygens (including phenoxy) is 1. The molecule has 0 saturated carbocycles. The zero-order chi connectivity index (χ0) is 18.0. The van der Waals surface area contributed by atoms with Gasteiger partial charge >= 0.3 is 11.9 Å². The summed E-state index contributed by atoms with van der Waals surface area (Å²) in [6.07, 6.45) is 0. The molecule has 0 bridgehead atoms. The van der Waals surface area contributed by atoms with Crippen LogP contribution in [0.15, 0.2) is 54.6 Å². The molecule has 0 radical (unpaired) electrons. The highest BCUT2D eigenvalue weighted by atomic mass is 16.5. The Bertz CT molecular complexity index is 818. The minimum absolute atomic E-state index is 0.0657. The molecule has 1 aliphatic rings. The van der Waals surface area contributed by atoms with Gasteiger partial charge in [0.1, 0.15) is 0 Å². The SMILES string of the molecule is CCOC(=O)C(C(=O)O)C1c2ccccc2C(=O)N1c1ccccc1. The fraction of sp³-hybridized carbons (Fsp3) is 0.211. The number of nitrogens with zero attached hydrogens (tertiary/aromatic N) is 1. The molecule has 3 rings (SSSR count). The van der Waals surface area contributed by atoms with E-state index in [-0.39, 0.29) is 12.5 Å². The average molecular weight is 339 g/mol. The number of carbonyl (C=O) groups is 3. The number of fused-ring (bicyclic) bond motifs is 1. The average Bonchev–Trinajstić information content (AvgIpc) is 2.89. The largest absolute Gasteiger partial charge is 0.481 e. The van der Waals surface area contributed by atoms with Crippen LogP contribution in [0.1, 0.15) is 28.9 Å². The molecule has 2 aromatic carbocycles. The molecule has 128 valence electrons. The zero-order valence-electron chi connectivity index (χ0n) is 13.6. The Morgan fingerprint density at radius 2 is 1.76 bits per heavy atom. The first-order valence-electron chi connectivity index (χ1n) is 7.93. The second kappa shape index (κ2) is 6.76. The van der Waals surface area contributed by atoms with Crippen LogP contribution >= 0.6 is 0 Å². The van der Waals surface area contributed by atoms with E-state index in [4.69, 9.17) is 4.74 Å². The number of carboxylic acids is 1. The normalized spacial score (nSPS) is 17.1. The van der Waals surface area contributed by atoms with Crippen LogP contribution in [0.3, 0.4) is 0 Å². The van der Waals surface area contributed by atoms with Crippen LogP contribution < -0.4 is 4.90 Å². The topological polar surface area (TPSA) is 83.9 Å². The quantitative estimate of drug-likeness (QED) is 0.669. The number of anilines is 1. The molecule has 1 amide bonds. The molecule has 0 aliphatic carbocycles. The monoisotopic (exact) mass is 339 g/mol. The molecule has 1 aliphatic heterocycles. The van der Waals surface area contributed by atoms with E-state index in [2.05, 4.69) is 0 Å². The fourth-order valence-corrected chi connectivity index (χ4v) is 3.14. The number of para-hydroxylation sites is 1. The van der Waals surface area contributed by atoms with Gasteiger partial charge in [0.2, 0.25) is 0 Å². The van der Waals surface area contributed by atoms with E-state index >= 15 is 0 Å². The summed E-state index contributed by atoms with van der Waals surface area (Å²) in [5, 5.41) is 9.67. The van der Waals surface area contributed by atoms with Crippen LogP contribution in [0.2, 0.25) is 0 Å². The van der Waals surface area contributed by atoms with Crippen LogP contribution in [-0.2, 0) is 14.3 Å². The summed E-state index contributed by atoms with van der Waals surface area (Å²) in [7, 11) is 0. The number of hydrogen-bond donors (Lipinski definition) is 1.